The Balaban J connectivity index is 2.58. The van der Waals surface area contributed by atoms with E-state index in [9.17, 15) is 9.18 Å². The molecule has 0 aromatic heterocycles. The Kier molecular flexibility index (Phi) is 4.28. The third kappa shape index (κ3) is 3.70. The van der Waals surface area contributed by atoms with Crippen LogP contribution in [-0.4, -0.2) is 5.91 Å². The van der Waals surface area contributed by atoms with E-state index in [-0.39, 0.29) is 17.6 Å². The van der Waals surface area contributed by atoms with Gasteiger partial charge in [-0.15, -0.1) is 0 Å². The molecule has 0 aliphatic rings. The lowest BCUT2D eigenvalue weighted by atomic mass is 10.1. The summed E-state index contributed by atoms with van der Waals surface area (Å²) in [7, 11) is 0. The van der Waals surface area contributed by atoms with Gasteiger partial charge in [0.05, 0.1) is 0 Å². The predicted molar refractivity (Wildman–Crippen MR) is 59.1 cm³/mol. The highest BCUT2D eigenvalue weighted by atomic mass is 19.1. The Morgan fingerprint density at radius 2 is 2.27 bits per heavy atom. The largest absolute Gasteiger partial charge is 0.326 e. The number of halogens is 1. The van der Waals surface area contributed by atoms with Crippen LogP contribution in [-0.2, 0) is 4.79 Å². The molecule has 1 unspecified atom stereocenters. The third-order valence-corrected chi connectivity index (χ3v) is 2.26. The molecule has 0 spiro atoms. The van der Waals surface area contributed by atoms with Crippen LogP contribution in [0.5, 0.6) is 0 Å². The fraction of sp³-hybridized carbons (Fsp3) is 0.417. The van der Waals surface area contributed by atoms with Gasteiger partial charge in [0, 0.05) is 11.6 Å². The third-order valence-electron chi connectivity index (χ3n) is 2.26. The van der Waals surface area contributed by atoms with Crippen LogP contribution in [0, 0.1) is 11.7 Å². The summed E-state index contributed by atoms with van der Waals surface area (Å²) >= 11 is 0. The van der Waals surface area contributed by atoms with E-state index < -0.39 is 0 Å². The maximum atomic E-state index is 12.8. The Hall–Kier alpha value is -1.38. The first-order chi connectivity index (χ1) is 7.13. The molecule has 3 heteroatoms. The van der Waals surface area contributed by atoms with Crippen molar-refractivity contribution in [3.05, 3.63) is 30.1 Å². The summed E-state index contributed by atoms with van der Waals surface area (Å²) in [6.45, 7) is 3.91. The Morgan fingerprint density at radius 3 is 2.87 bits per heavy atom. The van der Waals surface area contributed by atoms with Gasteiger partial charge in [-0.05, 0) is 24.6 Å². The Bertz CT molecular complexity index is 338. The number of amides is 1. The van der Waals surface area contributed by atoms with Gasteiger partial charge >= 0.3 is 0 Å². The quantitative estimate of drug-likeness (QED) is 0.810. The van der Waals surface area contributed by atoms with Crippen LogP contribution in [0.15, 0.2) is 24.3 Å². The van der Waals surface area contributed by atoms with Crippen molar-refractivity contribution in [2.75, 3.05) is 5.32 Å². The smallest absolute Gasteiger partial charge is 0.227 e. The van der Waals surface area contributed by atoms with E-state index in [0.29, 0.717) is 5.69 Å². The highest BCUT2D eigenvalue weighted by Crippen LogP contribution is 2.12. The molecule has 1 rings (SSSR count). The second-order valence-corrected chi connectivity index (χ2v) is 3.69. The zero-order chi connectivity index (χ0) is 11.3. The molecule has 0 aliphatic heterocycles. The van der Waals surface area contributed by atoms with Crippen LogP contribution in [0.4, 0.5) is 10.1 Å². The van der Waals surface area contributed by atoms with E-state index in [1.54, 1.807) is 12.1 Å². The lowest BCUT2D eigenvalue weighted by molar-refractivity contribution is -0.119. The predicted octanol–water partition coefficient (Wildman–Crippen LogP) is 3.20. The summed E-state index contributed by atoms with van der Waals surface area (Å²) < 4.78 is 12.8. The van der Waals surface area contributed by atoms with Crippen molar-refractivity contribution in [3.8, 4) is 0 Å². The molecule has 15 heavy (non-hydrogen) atoms. The minimum atomic E-state index is -0.337. The number of rotatable bonds is 4. The fourth-order valence-corrected chi connectivity index (χ4v) is 1.40. The van der Waals surface area contributed by atoms with Crippen LogP contribution in [0.2, 0.25) is 0 Å². The molecule has 2 nitrogen and oxygen atoms in total. The van der Waals surface area contributed by atoms with Gasteiger partial charge < -0.3 is 5.32 Å². The van der Waals surface area contributed by atoms with Crippen LogP contribution < -0.4 is 5.32 Å². The highest BCUT2D eigenvalue weighted by molar-refractivity contribution is 5.92. The van der Waals surface area contributed by atoms with Gasteiger partial charge in [0.2, 0.25) is 5.91 Å². The minimum Gasteiger partial charge on any atom is -0.326 e. The van der Waals surface area contributed by atoms with Gasteiger partial charge in [0.15, 0.2) is 0 Å². The van der Waals surface area contributed by atoms with Crippen molar-refractivity contribution in [1.29, 1.82) is 0 Å². The number of hydrogen-bond donors (Lipinski definition) is 1. The van der Waals surface area contributed by atoms with Crippen molar-refractivity contribution >= 4 is 11.6 Å². The number of carbonyl (C=O) groups excluding carboxylic acids is 1. The van der Waals surface area contributed by atoms with Gasteiger partial charge in [-0.25, -0.2) is 4.39 Å². The first kappa shape index (κ1) is 11.7. The molecule has 1 aromatic carbocycles. The monoisotopic (exact) mass is 209 g/mol. The number of carbonyl (C=O) groups is 1. The van der Waals surface area contributed by atoms with E-state index in [0.717, 1.165) is 12.8 Å². The van der Waals surface area contributed by atoms with Crippen molar-refractivity contribution in [2.24, 2.45) is 5.92 Å². The second kappa shape index (κ2) is 5.49. The summed E-state index contributed by atoms with van der Waals surface area (Å²) in [6, 6.07) is 5.93. The van der Waals surface area contributed by atoms with E-state index >= 15 is 0 Å². The van der Waals surface area contributed by atoms with Crippen LogP contribution in [0.25, 0.3) is 0 Å². The first-order valence-corrected chi connectivity index (χ1v) is 5.20. The van der Waals surface area contributed by atoms with Crippen LogP contribution in [0.1, 0.15) is 26.7 Å². The number of benzene rings is 1. The van der Waals surface area contributed by atoms with Crippen LogP contribution in [0.3, 0.4) is 0 Å². The molecule has 0 saturated heterocycles. The molecule has 0 aliphatic carbocycles. The van der Waals surface area contributed by atoms with Crippen molar-refractivity contribution < 1.29 is 9.18 Å². The molecule has 1 N–H and O–H groups in total. The van der Waals surface area contributed by atoms with E-state index in [1.165, 1.54) is 12.1 Å². The average molecular weight is 209 g/mol. The molecule has 0 saturated carbocycles. The van der Waals surface area contributed by atoms with E-state index in [2.05, 4.69) is 5.32 Å². The van der Waals surface area contributed by atoms with Gasteiger partial charge in [0.1, 0.15) is 5.82 Å². The molecular formula is C12H16FNO. The number of hydrogen-bond acceptors (Lipinski definition) is 1. The molecule has 0 heterocycles. The van der Waals surface area contributed by atoms with Gasteiger partial charge in [-0.3, -0.25) is 4.79 Å². The zero-order valence-electron chi connectivity index (χ0n) is 9.09. The maximum Gasteiger partial charge on any atom is 0.227 e. The van der Waals surface area contributed by atoms with Crippen molar-refractivity contribution in [3.63, 3.8) is 0 Å². The summed E-state index contributed by atoms with van der Waals surface area (Å²) in [5.74, 6) is -0.420. The molecule has 0 radical (unpaired) electrons. The topological polar surface area (TPSA) is 29.1 Å². The summed E-state index contributed by atoms with van der Waals surface area (Å²) in [4.78, 5) is 11.6. The number of nitrogens with one attached hydrogen (secondary N) is 1. The standard InChI is InChI=1S/C12H16FNO/c1-3-5-9(2)12(15)14-11-7-4-6-10(13)8-11/h4,6-9H,3,5H2,1-2H3,(H,14,15). The SMILES string of the molecule is CCCC(C)C(=O)Nc1cccc(F)c1. The van der Waals surface area contributed by atoms with Crippen molar-refractivity contribution in [1.82, 2.24) is 0 Å². The highest BCUT2D eigenvalue weighted by Gasteiger charge is 2.11. The second-order valence-electron chi connectivity index (χ2n) is 3.69. The summed E-state index contributed by atoms with van der Waals surface area (Å²) in [5.41, 5.74) is 0.517. The molecule has 0 bridgehead atoms. The summed E-state index contributed by atoms with van der Waals surface area (Å²) in [5, 5.41) is 2.69. The summed E-state index contributed by atoms with van der Waals surface area (Å²) in [6.07, 6.45) is 1.82. The normalized spacial score (nSPS) is 12.2. The van der Waals surface area contributed by atoms with E-state index in [4.69, 9.17) is 0 Å². The fourth-order valence-electron chi connectivity index (χ4n) is 1.40. The van der Waals surface area contributed by atoms with Gasteiger partial charge in [0.25, 0.3) is 0 Å². The molecule has 82 valence electrons. The molecule has 1 aromatic rings. The van der Waals surface area contributed by atoms with E-state index in [1.807, 2.05) is 13.8 Å². The Morgan fingerprint density at radius 1 is 1.53 bits per heavy atom. The first-order valence-electron chi connectivity index (χ1n) is 5.20. The lowest BCUT2D eigenvalue weighted by Gasteiger charge is -2.10. The zero-order valence-corrected chi connectivity index (χ0v) is 9.09. The van der Waals surface area contributed by atoms with Gasteiger partial charge in [-0.2, -0.15) is 0 Å². The molecule has 0 fully saturated rings. The molecular weight excluding hydrogens is 193 g/mol. The average Bonchev–Trinajstić information content (AvgIpc) is 2.18. The van der Waals surface area contributed by atoms with Crippen LogP contribution >= 0.6 is 0 Å². The number of anilines is 1. The molecule has 1 amide bonds. The lowest BCUT2D eigenvalue weighted by Crippen LogP contribution is -2.20. The Labute approximate surface area is 89.5 Å². The van der Waals surface area contributed by atoms with Crippen molar-refractivity contribution in [2.45, 2.75) is 26.7 Å². The molecule has 1 atom stereocenters. The van der Waals surface area contributed by atoms with Gasteiger partial charge in [-0.1, -0.05) is 26.3 Å². The maximum absolute atomic E-state index is 12.8. The minimum absolute atomic E-state index is 0.0294.